The van der Waals surface area contributed by atoms with Gasteiger partial charge in [-0.1, -0.05) is 49.5 Å². The van der Waals surface area contributed by atoms with E-state index in [0.29, 0.717) is 0 Å². The highest BCUT2D eigenvalue weighted by Crippen LogP contribution is 2.71. The van der Waals surface area contributed by atoms with Crippen molar-refractivity contribution in [3.8, 4) is 0 Å². The van der Waals surface area contributed by atoms with E-state index in [1.54, 1.807) is 41.5 Å². The fraction of sp³-hybridized carbons (Fsp3) is 1.00. The third-order valence-electron chi connectivity index (χ3n) is 2.71. The van der Waals surface area contributed by atoms with Crippen LogP contribution in [-0.4, -0.2) is 28.3 Å². The molecule has 0 rings (SSSR count). The molecule has 104 valence electrons. The Bertz CT molecular complexity index is 245. The van der Waals surface area contributed by atoms with Gasteiger partial charge in [-0.05, 0) is 17.2 Å². The molecule has 0 aromatic rings. The average molecular weight is 274 g/mol. The molecule has 0 aliphatic rings. The second-order valence-corrected chi connectivity index (χ2v) is 10.9. The first-order valence-electron chi connectivity index (χ1n) is 5.61. The Morgan fingerprint density at radius 3 is 1.12 bits per heavy atom. The lowest BCUT2D eigenvalue weighted by Gasteiger charge is -2.51. The molecular weight excluding hydrogens is 251 g/mol. The van der Waals surface area contributed by atoms with Crippen LogP contribution in [0.5, 0.6) is 0 Å². The summed E-state index contributed by atoms with van der Waals surface area (Å²) in [7, 11) is -1.58. The summed E-state index contributed by atoms with van der Waals surface area (Å²) in [6.45, 7) is 10.3. The van der Waals surface area contributed by atoms with Crippen molar-refractivity contribution < 1.29 is 17.6 Å². The topological polar surface area (TPSA) is 0 Å². The number of hydrogen-bond acceptors (Lipinski definition) is 0. The molecule has 0 saturated heterocycles. The molecule has 0 N–H and O–H groups in total. The maximum atomic E-state index is 13.2. The third kappa shape index (κ3) is 3.56. The lowest BCUT2D eigenvalue weighted by molar-refractivity contribution is -0.161. The van der Waals surface area contributed by atoms with Crippen molar-refractivity contribution in [2.75, 3.05) is 6.67 Å². The zero-order valence-corrected chi connectivity index (χ0v) is 12.6. The number of hydrogen-bond donors (Lipinski definition) is 0. The van der Waals surface area contributed by atoms with E-state index in [1.165, 1.54) is 0 Å². The Hall–Kier alpha value is 0.150. The summed E-state index contributed by atoms with van der Waals surface area (Å²) in [5.41, 5.74) is 0. The summed E-state index contributed by atoms with van der Waals surface area (Å²) in [6.07, 6.45) is -4.51. The first-order valence-corrected chi connectivity index (χ1v) is 6.95. The second kappa shape index (κ2) is 4.68. The third-order valence-corrected chi connectivity index (χ3v) is 6.75. The molecule has 0 fully saturated rings. The lowest BCUT2D eigenvalue weighted by Crippen LogP contribution is -2.50. The van der Waals surface area contributed by atoms with Gasteiger partial charge >= 0.3 is 6.18 Å². The molecule has 0 aromatic carbocycles. The largest absolute Gasteiger partial charge is 0.400 e. The maximum absolute atomic E-state index is 13.2. The minimum absolute atomic E-state index is 0.552. The SMILES string of the molecule is CC(C)(C)P(C(C)(C)C)C(C)(CF)C(F)(F)F. The van der Waals surface area contributed by atoms with Gasteiger partial charge in [-0.15, -0.1) is 0 Å². The molecule has 0 amide bonds. The van der Waals surface area contributed by atoms with E-state index < -0.39 is 36.2 Å². The lowest BCUT2D eigenvalue weighted by atomic mass is 10.2. The molecule has 0 spiro atoms. The van der Waals surface area contributed by atoms with Crippen molar-refractivity contribution in [3.63, 3.8) is 0 Å². The van der Waals surface area contributed by atoms with Crippen LogP contribution in [0.3, 0.4) is 0 Å². The molecule has 0 saturated carbocycles. The van der Waals surface area contributed by atoms with Gasteiger partial charge in [0.05, 0.1) is 0 Å². The summed E-state index contributed by atoms with van der Waals surface area (Å²) in [4.78, 5) is 0. The van der Waals surface area contributed by atoms with Crippen molar-refractivity contribution in [2.45, 2.75) is 70.1 Å². The average Bonchev–Trinajstić information content (AvgIpc) is 1.95. The van der Waals surface area contributed by atoms with Crippen LogP contribution in [-0.2, 0) is 0 Å². The Kier molecular flexibility index (Phi) is 4.72. The summed E-state index contributed by atoms with van der Waals surface area (Å²) in [6, 6.07) is 0. The molecule has 5 heteroatoms. The van der Waals surface area contributed by atoms with Gasteiger partial charge in [-0.2, -0.15) is 13.2 Å². The summed E-state index contributed by atoms with van der Waals surface area (Å²) in [5.74, 6) is 0. The normalized spacial score (nSPS) is 18.4. The second-order valence-electron chi connectivity index (χ2n) is 6.58. The Morgan fingerprint density at radius 2 is 1.06 bits per heavy atom. The molecule has 0 nitrogen and oxygen atoms in total. The van der Waals surface area contributed by atoms with Crippen LogP contribution in [0.4, 0.5) is 17.6 Å². The van der Waals surface area contributed by atoms with Gasteiger partial charge < -0.3 is 0 Å². The van der Waals surface area contributed by atoms with Crippen LogP contribution in [0.25, 0.3) is 0 Å². The Balaban J connectivity index is 5.77. The predicted molar refractivity (Wildman–Crippen MR) is 66.9 cm³/mol. The van der Waals surface area contributed by atoms with E-state index in [9.17, 15) is 17.6 Å². The van der Waals surface area contributed by atoms with Gasteiger partial charge in [0.2, 0.25) is 0 Å². The van der Waals surface area contributed by atoms with Gasteiger partial charge in [0.25, 0.3) is 0 Å². The molecule has 0 aliphatic heterocycles. The maximum Gasteiger partial charge on any atom is 0.400 e. The van der Waals surface area contributed by atoms with Crippen LogP contribution in [0, 0.1) is 0 Å². The van der Waals surface area contributed by atoms with Gasteiger partial charge in [0, 0.05) is 0 Å². The Labute approximate surface area is 103 Å². The van der Waals surface area contributed by atoms with Crippen LogP contribution in [0.15, 0.2) is 0 Å². The summed E-state index contributed by atoms with van der Waals surface area (Å²) < 4.78 is 52.7. The smallest absolute Gasteiger partial charge is 0.250 e. The van der Waals surface area contributed by atoms with E-state index in [1.807, 2.05) is 0 Å². The molecule has 1 unspecified atom stereocenters. The zero-order valence-electron chi connectivity index (χ0n) is 11.7. The van der Waals surface area contributed by atoms with Crippen LogP contribution in [0.1, 0.15) is 48.5 Å². The number of alkyl halides is 4. The van der Waals surface area contributed by atoms with Crippen molar-refractivity contribution >= 4 is 7.92 Å². The molecule has 0 aromatic heterocycles. The quantitative estimate of drug-likeness (QED) is 0.470. The summed E-state index contributed by atoms with van der Waals surface area (Å²) >= 11 is 0. The Morgan fingerprint density at radius 1 is 0.765 bits per heavy atom. The summed E-state index contributed by atoms with van der Waals surface area (Å²) in [5, 5.41) is -3.34. The monoisotopic (exact) mass is 274 g/mol. The molecule has 0 heterocycles. The highest BCUT2D eigenvalue weighted by atomic mass is 31.1. The molecular formula is C12H23F4P. The minimum Gasteiger partial charge on any atom is -0.250 e. The molecule has 17 heavy (non-hydrogen) atoms. The standard InChI is InChI=1S/C12H23F4P/c1-9(2,3)17(10(4,5)6)11(7,8-13)12(14,15)16/h8H2,1-7H3. The number of halogens is 4. The van der Waals surface area contributed by atoms with E-state index in [0.717, 1.165) is 6.92 Å². The fourth-order valence-electron chi connectivity index (χ4n) is 2.75. The molecule has 1 atom stereocenters. The van der Waals surface area contributed by atoms with Gasteiger partial charge in [-0.25, -0.2) is 4.39 Å². The van der Waals surface area contributed by atoms with E-state index >= 15 is 0 Å². The highest BCUT2D eigenvalue weighted by molar-refractivity contribution is 7.62. The van der Waals surface area contributed by atoms with E-state index in [-0.39, 0.29) is 0 Å². The highest BCUT2D eigenvalue weighted by Gasteiger charge is 2.61. The van der Waals surface area contributed by atoms with Gasteiger partial charge in [-0.3, -0.25) is 0 Å². The molecule has 0 bridgehead atoms. The first-order chi connectivity index (χ1) is 7.18. The minimum atomic E-state index is -4.51. The molecule has 0 aliphatic carbocycles. The van der Waals surface area contributed by atoms with Gasteiger partial charge in [0.1, 0.15) is 11.8 Å². The van der Waals surface area contributed by atoms with Crippen molar-refractivity contribution in [1.29, 1.82) is 0 Å². The van der Waals surface area contributed by atoms with Crippen LogP contribution < -0.4 is 0 Å². The van der Waals surface area contributed by atoms with Crippen LogP contribution in [0.2, 0.25) is 0 Å². The van der Waals surface area contributed by atoms with Crippen molar-refractivity contribution in [2.24, 2.45) is 0 Å². The number of rotatable bonds is 2. The van der Waals surface area contributed by atoms with E-state index in [2.05, 4.69) is 0 Å². The first kappa shape index (κ1) is 17.2. The zero-order chi connectivity index (χ0) is 14.3. The van der Waals surface area contributed by atoms with Crippen LogP contribution >= 0.6 is 7.92 Å². The predicted octanol–water partition coefficient (Wildman–Crippen LogP) is 5.36. The van der Waals surface area contributed by atoms with E-state index in [4.69, 9.17) is 0 Å². The van der Waals surface area contributed by atoms with Crippen molar-refractivity contribution in [1.82, 2.24) is 0 Å². The fourth-order valence-corrected chi connectivity index (χ4v) is 8.10. The van der Waals surface area contributed by atoms with Crippen molar-refractivity contribution in [3.05, 3.63) is 0 Å². The van der Waals surface area contributed by atoms with Gasteiger partial charge in [0.15, 0.2) is 0 Å². The molecule has 0 radical (unpaired) electrons.